The highest BCUT2D eigenvalue weighted by molar-refractivity contribution is 7.89. The van der Waals surface area contributed by atoms with E-state index in [4.69, 9.17) is 4.74 Å². The summed E-state index contributed by atoms with van der Waals surface area (Å²) >= 11 is 0. The topological polar surface area (TPSA) is 58.6 Å². The monoisotopic (exact) mass is 276 g/mol. The highest BCUT2D eigenvalue weighted by Gasteiger charge is 2.31. The Hall–Kier alpha value is -0.170. The highest BCUT2D eigenvalue weighted by atomic mass is 32.2. The molecule has 0 saturated carbocycles. The first-order chi connectivity index (χ1) is 8.62. The molecule has 5 nitrogen and oxygen atoms in total. The van der Waals surface area contributed by atoms with E-state index in [2.05, 4.69) is 5.32 Å². The van der Waals surface area contributed by atoms with Gasteiger partial charge in [0.1, 0.15) is 0 Å². The van der Waals surface area contributed by atoms with E-state index in [-0.39, 0.29) is 11.9 Å². The highest BCUT2D eigenvalue weighted by Crippen LogP contribution is 2.21. The SMILES string of the molecule is CNCC1CCCN(S(=O)(=O)CC2CCCO2)C1. The van der Waals surface area contributed by atoms with Crippen LogP contribution in [-0.2, 0) is 14.8 Å². The van der Waals surface area contributed by atoms with Gasteiger partial charge in [-0.15, -0.1) is 0 Å². The van der Waals surface area contributed by atoms with Gasteiger partial charge in [0.15, 0.2) is 0 Å². The second kappa shape index (κ2) is 6.32. The summed E-state index contributed by atoms with van der Waals surface area (Å²) in [6.07, 6.45) is 3.87. The summed E-state index contributed by atoms with van der Waals surface area (Å²) in [5, 5.41) is 3.14. The molecule has 1 N–H and O–H groups in total. The molecule has 0 aromatic rings. The molecule has 2 heterocycles. The first-order valence-corrected chi connectivity index (χ1v) is 8.47. The molecular formula is C12H24N2O3S. The van der Waals surface area contributed by atoms with Crippen molar-refractivity contribution in [2.75, 3.05) is 39.0 Å². The minimum Gasteiger partial charge on any atom is -0.377 e. The molecule has 0 amide bonds. The third-order valence-electron chi connectivity index (χ3n) is 3.79. The van der Waals surface area contributed by atoms with Gasteiger partial charge in [-0.1, -0.05) is 0 Å². The molecule has 0 spiro atoms. The molecule has 2 atom stereocenters. The third-order valence-corrected chi connectivity index (χ3v) is 5.70. The van der Waals surface area contributed by atoms with Crippen molar-refractivity contribution >= 4 is 10.0 Å². The predicted octanol–water partition coefficient (Wildman–Crippen LogP) is 0.427. The summed E-state index contributed by atoms with van der Waals surface area (Å²) in [4.78, 5) is 0. The second-order valence-corrected chi connectivity index (χ2v) is 7.35. The first-order valence-electron chi connectivity index (χ1n) is 6.86. The maximum absolute atomic E-state index is 12.3. The second-order valence-electron chi connectivity index (χ2n) is 5.34. The zero-order valence-corrected chi connectivity index (χ0v) is 11.9. The largest absolute Gasteiger partial charge is 0.377 e. The Morgan fingerprint density at radius 1 is 1.33 bits per heavy atom. The molecule has 0 radical (unpaired) electrons. The number of ether oxygens (including phenoxy) is 1. The number of nitrogens with zero attached hydrogens (tertiary/aromatic N) is 1. The molecule has 18 heavy (non-hydrogen) atoms. The van der Waals surface area contributed by atoms with Crippen molar-refractivity contribution in [2.24, 2.45) is 5.92 Å². The molecule has 0 aromatic heterocycles. The number of hydrogen-bond acceptors (Lipinski definition) is 4. The third kappa shape index (κ3) is 3.66. The van der Waals surface area contributed by atoms with Gasteiger partial charge in [-0.3, -0.25) is 0 Å². The van der Waals surface area contributed by atoms with Crippen molar-refractivity contribution < 1.29 is 13.2 Å². The van der Waals surface area contributed by atoms with Gasteiger partial charge in [0.25, 0.3) is 0 Å². The van der Waals surface area contributed by atoms with Crippen LogP contribution < -0.4 is 5.32 Å². The van der Waals surface area contributed by atoms with E-state index in [1.807, 2.05) is 7.05 Å². The Morgan fingerprint density at radius 3 is 2.83 bits per heavy atom. The van der Waals surface area contributed by atoms with Crippen LogP contribution in [0.5, 0.6) is 0 Å². The first kappa shape index (κ1) is 14.2. The lowest BCUT2D eigenvalue weighted by Gasteiger charge is -2.32. The quantitative estimate of drug-likeness (QED) is 0.791. The molecule has 0 aliphatic carbocycles. The fourth-order valence-corrected chi connectivity index (χ4v) is 4.64. The van der Waals surface area contributed by atoms with Gasteiger partial charge in [-0.2, -0.15) is 0 Å². The van der Waals surface area contributed by atoms with Crippen LogP contribution in [0.2, 0.25) is 0 Å². The van der Waals surface area contributed by atoms with Crippen LogP contribution >= 0.6 is 0 Å². The molecule has 0 bridgehead atoms. The number of piperidine rings is 1. The Balaban J connectivity index is 1.91. The lowest BCUT2D eigenvalue weighted by Crippen LogP contribution is -2.44. The van der Waals surface area contributed by atoms with E-state index in [9.17, 15) is 8.42 Å². The van der Waals surface area contributed by atoms with Crippen LogP contribution in [0.4, 0.5) is 0 Å². The standard InChI is InChI=1S/C12H24N2O3S/c1-13-8-11-4-2-6-14(9-11)18(15,16)10-12-5-3-7-17-12/h11-13H,2-10H2,1H3. The lowest BCUT2D eigenvalue weighted by atomic mass is 10.00. The Morgan fingerprint density at radius 2 is 2.17 bits per heavy atom. The van der Waals surface area contributed by atoms with Gasteiger partial charge in [-0.25, -0.2) is 12.7 Å². The normalized spacial score (nSPS) is 30.7. The maximum atomic E-state index is 12.3. The minimum atomic E-state index is -3.14. The van der Waals surface area contributed by atoms with Crippen molar-refractivity contribution in [2.45, 2.75) is 31.8 Å². The van der Waals surface area contributed by atoms with Crippen LogP contribution in [0.3, 0.4) is 0 Å². The Labute approximate surface area is 110 Å². The Kier molecular flexibility index (Phi) is 5.00. The van der Waals surface area contributed by atoms with E-state index in [0.29, 0.717) is 25.6 Å². The average molecular weight is 276 g/mol. The summed E-state index contributed by atoms with van der Waals surface area (Å²) in [6.45, 7) is 2.94. The van der Waals surface area contributed by atoms with Crippen LogP contribution in [0, 0.1) is 5.92 Å². The van der Waals surface area contributed by atoms with Crippen molar-refractivity contribution in [1.29, 1.82) is 0 Å². The van der Waals surface area contributed by atoms with Gasteiger partial charge in [-0.05, 0) is 45.2 Å². The molecule has 2 aliphatic heterocycles. The molecule has 0 aromatic carbocycles. The fraction of sp³-hybridized carbons (Fsp3) is 1.00. The maximum Gasteiger partial charge on any atom is 0.216 e. The van der Waals surface area contributed by atoms with Crippen LogP contribution in [0.15, 0.2) is 0 Å². The number of hydrogen-bond donors (Lipinski definition) is 1. The summed E-state index contributed by atoms with van der Waals surface area (Å²) in [7, 11) is -1.22. The van der Waals surface area contributed by atoms with Gasteiger partial charge < -0.3 is 10.1 Å². The zero-order valence-electron chi connectivity index (χ0n) is 11.1. The zero-order chi connectivity index (χ0) is 13.0. The van der Waals surface area contributed by atoms with Crippen LogP contribution in [0.25, 0.3) is 0 Å². The molecule has 2 rings (SSSR count). The van der Waals surface area contributed by atoms with Crippen LogP contribution in [0.1, 0.15) is 25.7 Å². The van der Waals surface area contributed by atoms with Crippen molar-refractivity contribution in [3.63, 3.8) is 0 Å². The predicted molar refractivity (Wildman–Crippen MR) is 71.0 cm³/mol. The fourth-order valence-electron chi connectivity index (χ4n) is 2.85. The molecule has 2 fully saturated rings. The Bertz CT molecular complexity index is 350. The molecule has 2 saturated heterocycles. The lowest BCUT2D eigenvalue weighted by molar-refractivity contribution is 0.125. The van der Waals surface area contributed by atoms with Crippen molar-refractivity contribution in [3.05, 3.63) is 0 Å². The van der Waals surface area contributed by atoms with Crippen LogP contribution in [-0.4, -0.2) is 57.9 Å². The summed E-state index contributed by atoms with van der Waals surface area (Å²) in [6, 6.07) is 0. The molecule has 6 heteroatoms. The van der Waals surface area contributed by atoms with Gasteiger partial charge in [0.05, 0.1) is 11.9 Å². The molecule has 106 valence electrons. The summed E-state index contributed by atoms with van der Waals surface area (Å²) < 4.78 is 31.7. The smallest absolute Gasteiger partial charge is 0.216 e. The van der Waals surface area contributed by atoms with E-state index < -0.39 is 10.0 Å². The molecule has 2 aliphatic rings. The van der Waals surface area contributed by atoms with Gasteiger partial charge in [0.2, 0.25) is 10.0 Å². The number of sulfonamides is 1. The van der Waals surface area contributed by atoms with E-state index in [1.54, 1.807) is 4.31 Å². The number of nitrogens with one attached hydrogen (secondary N) is 1. The van der Waals surface area contributed by atoms with E-state index >= 15 is 0 Å². The average Bonchev–Trinajstić information content (AvgIpc) is 2.82. The van der Waals surface area contributed by atoms with E-state index in [0.717, 1.165) is 32.2 Å². The van der Waals surface area contributed by atoms with Gasteiger partial charge >= 0.3 is 0 Å². The van der Waals surface area contributed by atoms with Crippen molar-refractivity contribution in [1.82, 2.24) is 9.62 Å². The van der Waals surface area contributed by atoms with E-state index in [1.165, 1.54) is 0 Å². The summed E-state index contributed by atoms with van der Waals surface area (Å²) in [5.74, 6) is 0.613. The summed E-state index contributed by atoms with van der Waals surface area (Å²) in [5.41, 5.74) is 0. The molecular weight excluding hydrogens is 252 g/mol. The van der Waals surface area contributed by atoms with Gasteiger partial charge in [0, 0.05) is 19.7 Å². The minimum absolute atomic E-state index is 0.0836. The molecule has 2 unspecified atom stereocenters. The number of rotatable bonds is 5. The van der Waals surface area contributed by atoms with Crippen molar-refractivity contribution in [3.8, 4) is 0 Å².